The highest BCUT2D eigenvalue weighted by atomic mass is 19.4. The molecule has 0 N–H and O–H groups in total. The van der Waals surface area contributed by atoms with Gasteiger partial charge in [0.1, 0.15) is 11.1 Å². The van der Waals surface area contributed by atoms with E-state index in [0.717, 1.165) is 24.3 Å². The van der Waals surface area contributed by atoms with Crippen molar-refractivity contribution in [1.82, 2.24) is 18.3 Å². The lowest BCUT2D eigenvalue weighted by Gasteiger charge is -2.32. The van der Waals surface area contributed by atoms with Crippen LogP contribution in [0.25, 0.3) is 110 Å². The number of fused-ring (bicyclic) bond motifs is 12. The van der Waals surface area contributed by atoms with Crippen LogP contribution in [0.5, 0.6) is 0 Å². The first kappa shape index (κ1) is 56.1. The minimum Gasteiger partial charge on any atom is -0.306 e. The highest BCUT2D eigenvalue weighted by Crippen LogP contribution is 2.57. The average Bonchev–Trinajstić information content (AvgIpc) is 1.37. The van der Waals surface area contributed by atoms with Gasteiger partial charge >= 0.3 is 37.1 Å². The van der Waals surface area contributed by atoms with E-state index in [2.05, 4.69) is 0 Å². The van der Waals surface area contributed by atoms with Crippen LogP contribution in [0.1, 0.15) is 55.6 Å². The molecule has 0 aliphatic rings. The Bertz CT molecular complexity index is 4450. The van der Waals surface area contributed by atoms with Crippen molar-refractivity contribution in [3.8, 4) is 22.7 Å². The van der Waals surface area contributed by atoms with Crippen LogP contribution in [0.2, 0.25) is 0 Å². The largest absolute Gasteiger partial charge is 0.420 e. The zero-order chi connectivity index (χ0) is 61.6. The number of aryl methyl sites for hydroxylation is 4. The maximum atomic E-state index is 18.3. The summed E-state index contributed by atoms with van der Waals surface area (Å²) in [6.45, 7) is 5.65. The third kappa shape index (κ3) is 8.54. The van der Waals surface area contributed by atoms with Crippen LogP contribution in [0.4, 0.5) is 79.0 Å². The number of nitrogens with zero attached hydrogens (tertiary/aromatic N) is 4. The number of benzene rings is 9. The van der Waals surface area contributed by atoms with E-state index in [0.29, 0.717) is 66.8 Å². The molecule has 0 radical (unpaired) electrons. The van der Waals surface area contributed by atoms with Gasteiger partial charge in [0.25, 0.3) is 0 Å². The first-order valence-electron chi connectivity index (χ1n) is 26.0. The number of rotatable bonds is 4. The molecule has 0 aliphatic carbocycles. The number of aromatic nitrogens is 4. The molecule has 86 heavy (non-hydrogen) atoms. The van der Waals surface area contributed by atoms with Crippen molar-refractivity contribution in [1.29, 1.82) is 0 Å². The summed E-state index contributed by atoms with van der Waals surface area (Å²) in [6, 6.07) is 22.9. The van der Waals surface area contributed by atoms with Crippen molar-refractivity contribution in [3.05, 3.63) is 201 Å². The Morgan fingerprint density at radius 1 is 0.209 bits per heavy atom. The number of halogens is 18. The summed E-state index contributed by atoms with van der Waals surface area (Å²) < 4.78 is 294. The molecule has 0 spiro atoms. The normalized spacial score (nSPS) is 13.5. The van der Waals surface area contributed by atoms with E-state index in [-0.39, 0.29) is 65.3 Å². The zero-order valence-electron chi connectivity index (χ0n) is 44.4. The Kier molecular flexibility index (Phi) is 11.9. The molecule has 4 nitrogen and oxygen atoms in total. The number of alkyl halides is 18. The summed E-state index contributed by atoms with van der Waals surface area (Å²) in [5.41, 5.74) is -21.8. The van der Waals surface area contributed by atoms with Gasteiger partial charge < -0.3 is 18.3 Å². The van der Waals surface area contributed by atoms with E-state index in [1.807, 2.05) is 0 Å². The molecule has 0 bridgehead atoms. The zero-order valence-corrected chi connectivity index (χ0v) is 44.4. The lowest BCUT2D eigenvalue weighted by Crippen LogP contribution is -2.26. The number of hydrogen-bond donors (Lipinski definition) is 0. The van der Waals surface area contributed by atoms with E-state index in [1.54, 1.807) is 0 Å². The summed E-state index contributed by atoms with van der Waals surface area (Å²) in [4.78, 5) is 0. The van der Waals surface area contributed by atoms with E-state index in [9.17, 15) is 0 Å². The second-order valence-corrected chi connectivity index (χ2v) is 21.5. The van der Waals surface area contributed by atoms with Gasteiger partial charge in [0.15, 0.2) is 0 Å². The lowest BCUT2D eigenvalue weighted by molar-refractivity contribution is -0.141. The first-order valence-corrected chi connectivity index (χ1v) is 26.0. The van der Waals surface area contributed by atoms with Crippen LogP contribution < -0.4 is 0 Å². The summed E-state index contributed by atoms with van der Waals surface area (Å²) >= 11 is 0. The fourth-order valence-corrected chi connectivity index (χ4v) is 12.3. The van der Waals surface area contributed by atoms with Crippen molar-refractivity contribution in [2.45, 2.75) is 64.8 Å². The molecule has 13 rings (SSSR count). The van der Waals surface area contributed by atoms with Crippen LogP contribution in [0.3, 0.4) is 0 Å². The Morgan fingerprint density at radius 3 is 0.535 bits per heavy atom. The van der Waals surface area contributed by atoms with Crippen LogP contribution in [0, 0.1) is 27.7 Å². The maximum Gasteiger partial charge on any atom is 0.420 e. The molecule has 0 aliphatic heterocycles. The number of hydrogen-bond acceptors (Lipinski definition) is 0. The van der Waals surface area contributed by atoms with Gasteiger partial charge in [0.05, 0.1) is 89.1 Å². The quantitative estimate of drug-likeness (QED) is 0.157. The summed E-state index contributed by atoms with van der Waals surface area (Å²) in [5.74, 6) is 0. The van der Waals surface area contributed by atoms with Crippen LogP contribution in [-0.4, -0.2) is 18.3 Å². The minimum atomic E-state index is -6.18. The second kappa shape index (κ2) is 18.2. The molecular weight excluding hydrogens is 1170 g/mol. The minimum absolute atomic E-state index is 0.144. The SMILES string of the molecule is Cc1ccc2c3ccc(C(F)(F)F)cc3n(-c3c(-n4c5cc(C)ccc5c5ccc(C(F)(F)F)cc54)c(C(F)(F)F)c(-n4c5cc(C)ccc5c5ccc(C(F)(F)F)cc54)c(-n4c5cc(C)ccc5c5ccc(C(F)(F)F)cc54)c3C(F)(F)F)c2c1. The molecule has 0 fully saturated rings. The van der Waals surface area contributed by atoms with Crippen molar-refractivity contribution < 1.29 is 79.0 Å². The molecule has 22 heteroatoms. The van der Waals surface area contributed by atoms with Gasteiger partial charge in [-0.3, -0.25) is 0 Å². The summed E-state index contributed by atoms with van der Waals surface area (Å²) in [5, 5.41) is -1.67. The first-order chi connectivity index (χ1) is 40.1. The third-order valence-corrected chi connectivity index (χ3v) is 15.9. The predicted molar refractivity (Wildman–Crippen MR) is 293 cm³/mol. The van der Waals surface area contributed by atoms with Gasteiger partial charge in [-0.05, 0) is 123 Å². The fourth-order valence-electron chi connectivity index (χ4n) is 12.3. The molecule has 13 aromatic rings. The predicted octanol–water partition coefficient (Wildman–Crippen LogP) is 21.4. The van der Waals surface area contributed by atoms with E-state index < -0.39 is 137 Å². The monoisotopic (exact) mass is 1200 g/mol. The molecular formula is C64H36F18N4. The summed E-state index contributed by atoms with van der Waals surface area (Å²) in [6.07, 6.45) is -33.6. The van der Waals surface area contributed by atoms with Crippen LogP contribution >= 0.6 is 0 Å². The highest BCUT2D eigenvalue weighted by Gasteiger charge is 2.51. The maximum absolute atomic E-state index is 18.3. The highest BCUT2D eigenvalue weighted by molar-refractivity contribution is 6.16. The second-order valence-electron chi connectivity index (χ2n) is 21.5. The Labute approximate surface area is 471 Å². The van der Waals surface area contributed by atoms with Gasteiger partial charge in [-0.1, -0.05) is 72.8 Å². The molecule has 0 saturated heterocycles. The topological polar surface area (TPSA) is 19.7 Å². The molecule has 0 saturated carbocycles. The van der Waals surface area contributed by atoms with Crippen molar-refractivity contribution in [2.75, 3.05) is 0 Å². The Hall–Kier alpha value is -9.08. The van der Waals surface area contributed by atoms with Crippen molar-refractivity contribution in [2.24, 2.45) is 0 Å². The Balaban J connectivity index is 1.47. The van der Waals surface area contributed by atoms with E-state index in [1.165, 1.54) is 100 Å². The van der Waals surface area contributed by atoms with Gasteiger partial charge in [0.2, 0.25) is 0 Å². The van der Waals surface area contributed by atoms with Crippen LogP contribution in [-0.2, 0) is 37.1 Å². The standard InChI is InChI=1S/C64H36F18N4/c1-29-5-13-37-41-17-9-33(59(65,66)67)25-49(41)83(45(37)21-29)55-53(63(77,78)79)57(85-47-23-31(3)7-15-39(47)43-19-11-35(27-51(43)85)61(71,72)73)58(86-48-24-32(4)8-16-40(48)44-20-12-36(28-52(44)86)62(74,75)76)54(64(80,81)82)56(55)84-46-22-30(2)6-14-38(46)42-18-10-34(26-50(42)84)60(68,69)70/h5-28H,1-4H3. The molecule has 4 aromatic heterocycles. The van der Waals surface area contributed by atoms with Crippen molar-refractivity contribution in [3.63, 3.8) is 0 Å². The van der Waals surface area contributed by atoms with Crippen molar-refractivity contribution >= 4 is 87.2 Å². The molecule has 0 unspecified atom stereocenters. The smallest absolute Gasteiger partial charge is 0.306 e. The van der Waals surface area contributed by atoms with Gasteiger partial charge in [-0.25, -0.2) is 0 Å². The molecule has 438 valence electrons. The molecule has 0 atom stereocenters. The third-order valence-electron chi connectivity index (χ3n) is 15.9. The van der Waals surface area contributed by atoms with Gasteiger partial charge in [-0.15, -0.1) is 0 Å². The Morgan fingerprint density at radius 2 is 0.372 bits per heavy atom. The average molecular weight is 1200 g/mol. The van der Waals surface area contributed by atoms with Crippen LogP contribution in [0.15, 0.2) is 146 Å². The van der Waals surface area contributed by atoms with E-state index >= 15 is 79.0 Å². The van der Waals surface area contributed by atoms with Gasteiger partial charge in [-0.2, -0.15) is 79.0 Å². The summed E-state index contributed by atoms with van der Waals surface area (Å²) in [7, 11) is 0. The lowest BCUT2D eigenvalue weighted by atomic mass is 9.96. The van der Waals surface area contributed by atoms with Gasteiger partial charge in [0, 0.05) is 43.1 Å². The fraction of sp³-hybridized carbons (Fsp3) is 0.156. The van der Waals surface area contributed by atoms with E-state index in [4.69, 9.17) is 0 Å². The molecule has 9 aromatic carbocycles. The molecule has 4 heterocycles. The molecule has 0 amide bonds.